The van der Waals surface area contributed by atoms with Gasteiger partial charge in [0, 0.05) is 0 Å². The zero-order valence-corrected chi connectivity index (χ0v) is 9.95. The first-order valence-electron chi connectivity index (χ1n) is 5.78. The van der Waals surface area contributed by atoms with Crippen LogP contribution in [-0.4, -0.2) is 0 Å². The summed E-state index contributed by atoms with van der Waals surface area (Å²) >= 11 is 0. The molecule has 0 unspecified atom stereocenters. The molecule has 86 valence electrons. The summed E-state index contributed by atoms with van der Waals surface area (Å²) in [6.45, 7) is 0. The largest absolute Gasteiger partial charge is 0.192 e. The summed E-state index contributed by atoms with van der Waals surface area (Å²) in [6.07, 6.45) is 5.65. The molecule has 0 aliphatic rings. The first-order chi connectivity index (χ1) is 8.88. The summed E-state index contributed by atoms with van der Waals surface area (Å²) in [5, 5.41) is 9.10. The second-order valence-electron chi connectivity index (χ2n) is 3.87. The number of nitrogens with zero attached hydrogens (tertiary/aromatic N) is 1. The molecule has 0 fully saturated rings. The minimum absolute atomic E-state index is 0.644. The van der Waals surface area contributed by atoms with Crippen LogP contribution in [-0.2, 0) is 0 Å². The standard InChI is InChI=1S/C17H13N/c18-14-17(13-16-9-5-2-6-10-16)12-11-15-7-3-1-4-8-15/h1-13H/b12-11+,17-13+. The van der Waals surface area contributed by atoms with E-state index in [9.17, 15) is 0 Å². The Kier molecular flexibility index (Phi) is 4.11. The molecule has 18 heavy (non-hydrogen) atoms. The van der Waals surface area contributed by atoms with Gasteiger partial charge < -0.3 is 0 Å². The van der Waals surface area contributed by atoms with Crippen molar-refractivity contribution in [3.8, 4) is 6.07 Å². The third-order valence-electron chi connectivity index (χ3n) is 2.51. The molecule has 0 N–H and O–H groups in total. The molecule has 0 atom stereocenters. The van der Waals surface area contributed by atoms with Crippen LogP contribution in [0.4, 0.5) is 0 Å². The maximum Gasteiger partial charge on any atom is 0.0991 e. The smallest absolute Gasteiger partial charge is 0.0991 e. The molecular weight excluding hydrogens is 218 g/mol. The first kappa shape index (κ1) is 11.9. The van der Waals surface area contributed by atoms with Crippen LogP contribution in [0, 0.1) is 11.3 Å². The number of allylic oxidation sites excluding steroid dienone is 2. The van der Waals surface area contributed by atoms with Gasteiger partial charge in [0.25, 0.3) is 0 Å². The van der Waals surface area contributed by atoms with Gasteiger partial charge in [0.1, 0.15) is 0 Å². The maximum atomic E-state index is 9.10. The Morgan fingerprint density at radius 3 is 1.94 bits per heavy atom. The predicted molar refractivity (Wildman–Crippen MR) is 75.5 cm³/mol. The molecule has 0 bridgehead atoms. The molecule has 0 aromatic heterocycles. The lowest BCUT2D eigenvalue weighted by molar-refractivity contribution is 1.50. The van der Waals surface area contributed by atoms with Crippen molar-refractivity contribution in [2.75, 3.05) is 0 Å². The fraction of sp³-hybridized carbons (Fsp3) is 0. The van der Waals surface area contributed by atoms with Gasteiger partial charge in [-0.15, -0.1) is 0 Å². The monoisotopic (exact) mass is 231 g/mol. The van der Waals surface area contributed by atoms with E-state index in [1.54, 1.807) is 0 Å². The second kappa shape index (κ2) is 6.22. The molecule has 0 saturated heterocycles. The van der Waals surface area contributed by atoms with Gasteiger partial charge in [-0.2, -0.15) is 5.26 Å². The van der Waals surface area contributed by atoms with Crippen LogP contribution < -0.4 is 0 Å². The van der Waals surface area contributed by atoms with E-state index in [-0.39, 0.29) is 0 Å². The van der Waals surface area contributed by atoms with Crippen LogP contribution in [0.1, 0.15) is 11.1 Å². The molecule has 0 aliphatic heterocycles. The number of nitriles is 1. The van der Waals surface area contributed by atoms with E-state index in [4.69, 9.17) is 5.26 Å². The van der Waals surface area contributed by atoms with Crippen LogP contribution >= 0.6 is 0 Å². The third-order valence-corrected chi connectivity index (χ3v) is 2.51. The highest BCUT2D eigenvalue weighted by molar-refractivity contribution is 5.65. The van der Waals surface area contributed by atoms with E-state index in [1.807, 2.05) is 78.9 Å². The van der Waals surface area contributed by atoms with Crippen molar-refractivity contribution in [2.24, 2.45) is 0 Å². The van der Waals surface area contributed by atoms with E-state index in [0.717, 1.165) is 11.1 Å². The molecule has 2 aromatic rings. The normalized spacial score (nSPS) is 11.4. The molecule has 0 heterocycles. The predicted octanol–water partition coefficient (Wildman–Crippen LogP) is 4.31. The van der Waals surface area contributed by atoms with Gasteiger partial charge in [0.2, 0.25) is 0 Å². The Morgan fingerprint density at radius 2 is 1.39 bits per heavy atom. The van der Waals surface area contributed by atoms with Crippen molar-refractivity contribution >= 4 is 12.2 Å². The molecule has 1 heteroatoms. The van der Waals surface area contributed by atoms with Gasteiger partial charge >= 0.3 is 0 Å². The zero-order valence-electron chi connectivity index (χ0n) is 9.95. The minimum atomic E-state index is 0.644. The van der Waals surface area contributed by atoms with Crippen LogP contribution in [0.15, 0.2) is 72.3 Å². The Morgan fingerprint density at radius 1 is 0.833 bits per heavy atom. The van der Waals surface area contributed by atoms with Crippen LogP contribution in [0.2, 0.25) is 0 Å². The first-order valence-corrected chi connectivity index (χ1v) is 5.78. The van der Waals surface area contributed by atoms with Crippen molar-refractivity contribution < 1.29 is 0 Å². The summed E-state index contributed by atoms with van der Waals surface area (Å²) < 4.78 is 0. The highest BCUT2D eigenvalue weighted by Gasteiger charge is 1.91. The average Bonchev–Trinajstić information content (AvgIpc) is 2.45. The molecular formula is C17H13N. The van der Waals surface area contributed by atoms with Crippen molar-refractivity contribution in [3.05, 3.63) is 83.4 Å². The lowest BCUT2D eigenvalue weighted by Crippen LogP contribution is -1.75. The number of rotatable bonds is 3. The van der Waals surface area contributed by atoms with Crippen molar-refractivity contribution in [2.45, 2.75) is 0 Å². The molecule has 0 saturated carbocycles. The average molecular weight is 231 g/mol. The lowest BCUT2D eigenvalue weighted by atomic mass is 10.1. The van der Waals surface area contributed by atoms with Crippen LogP contribution in [0.5, 0.6) is 0 Å². The lowest BCUT2D eigenvalue weighted by Gasteiger charge is -1.94. The van der Waals surface area contributed by atoms with Gasteiger partial charge in [-0.3, -0.25) is 0 Å². The van der Waals surface area contributed by atoms with Crippen LogP contribution in [0.3, 0.4) is 0 Å². The van der Waals surface area contributed by atoms with E-state index in [2.05, 4.69) is 6.07 Å². The highest BCUT2D eigenvalue weighted by Crippen LogP contribution is 2.09. The second-order valence-corrected chi connectivity index (χ2v) is 3.87. The number of hydrogen-bond donors (Lipinski definition) is 0. The summed E-state index contributed by atoms with van der Waals surface area (Å²) in [5.41, 5.74) is 2.77. The van der Waals surface area contributed by atoms with Gasteiger partial charge in [-0.1, -0.05) is 66.7 Å². The highest BCUT2D eigenvalue weighted by atomic mass is 14.2. The summed E-state index contributed by atoms with van der Waals surface area (Å²) in [5.74, 6) is 0. The van der Waals surface area contributed by atoms with Crippen LogP contribution in [0.25, 0.3) is 12.2 Å². The SMILES string of the molecule is N#CC(/C=C/c1ccccc1)=C/c1ccccc1. The van der Waals surface area contributed by atoms with E-state index in [0.29, 0.717) is 5.57 Å². The van der Waals surface area contributed by atoms with E-state index >= 15 is 0 Å². The molecule has 2 rings (SSSR count). The van der Waals surface area contributed by atoms with Gasteiger partial charge in [-0.25, -0.2) is 0 Å². The molecule has 0 radical (unpaired) electrons. The van der Waals surface area contributed by atoms with Crippen molar-refractivity contribution in [1.82, 2.24) is 0 Å². The Labute approximate surface area is 107 Å². The van der Waals surface area contributed by atoms with E-state index < -0.39 is 0 Å². The quantitative estimate of drug-likeness (QED) is 0.570. The molecule has 1 nitrogen and oxygen atoms in total. The van der Waals surface area contributed by atoms with Gasteiger partial charge in [0.15, 0.2) is 0 Å². The van der Waals surface area contributed by atoms with Crippen molar-refractivity contribution in [3.63, 3.8) is 0 Å². The number of hydrogen-bond acceptors (Lipinski definition) is 1. The maximum absolute atomic E-state index is 9.10. The van der Waals surface area contributed by atoms with E-state index in [1.165, 1.54) is 0 Å². The zero-order chi connectivity index (χ0) is 12.6. The Balaban J connectivity index is 2.19. The molecule has 0 spiro atoms. The fourth-order valence-electron chi connectivity index (χ4n) is 1.60. The fourth-order valence-corrected chi connectivity index (χ4v) is 1.60. The van der Waals surface area contributed by atoms with Gasteiger partial charge in [-0.05, 0) is 23.3 Å². The Bertz CT molecular complexity index is 587. The summed E-state index contributed by atoms with van der Waals surface area (Å²) in [7, 11) is 0. The topological polar surface area (TPSA) is 23.8 Å². The van der Waals surface area contributed by atoms with Gasteiger partial charge in [0.05, 0.1) is 11.6 Å². The minimum Gasteiger partial charge on any atom is -0.192 e. The Hall–Kier alpha value is -2.59. The molecule has 0 amide bonds. The third kappa shape index (κ3) is 3.47. The summed E-state index contributed by atoms with van der Waals surface area (Å²) in [6, 6.07) is 22.0. The molecule has 2 aromatic carbocycles. The number of benzene rings is 2. The van der Waals surface area contributed by atoms with Crippen molar-refractivity contribution in [1.29, 1.82) is 5.26 Å². The molecule has 0 aliphatic carbocycles. The summed E-state index contributed by atoms with van der Waals surface area (Å²) in [4.78, 5) is 0.